The van der Waals surface area contributed by atoms with Crippen LogP contribution < -0.4 is 5.73 Å². The first kappa shape index (κ1) is 11.0. The Bertz CT molecular complexity index is 645. The van der Waals surface area contributed by atoms with E-state index in [1.165, 1.54) is 0 Å². The minimum absolute atomic E-state index is 0.194. The van der Waals surface area contributed by atoms with Gasteiger partial charge in [0.05, 0.1) is 10.5 Å². The molecule has 0 aliphatic heterocycles. The van der Waals surface area contributed by atoms with E-state index in [-0.39, 0.29) is 6.04 Å². The van der Waals surface area contributed by atoms with Crippen LogP contribution in [0.25, 0.3) is 11.0 Å². The van der Waals surface area contributed by atoms with Crippen molar-refractivity contribution < 1.29 is 4.42 Å². The van der Waals surface area contributed by atoms with Crippen LogP contribution in [0.4, 0.5) is 0 Å². The minimum Gasteiger partial charge on any atom is -0.458 e. The fourth-order valence-electron chi connectivity index (χ4n) is 1.82. The molecule has 1 atom stereocenters. The Hall–Kier alpha value is -1.10. The molecule has 3 aromatic rings. The number of benzene rings is 1. The maximum absolute atomic E-state index is 6.17. The molecule has 0 spiro atoms. The lowest BCUT2D eigenvalue weighted by molar-refractivity contribution is 0.524. The fraction of sp³-hybridized carbons (Fsp3) is 0.0769. The number of thiophene rings is 1. The average molecular weight is 308 g/mol. The first-order chi connectivity index (χ1) is 8.25. The lowest BCUT2D eigenvalue weighted by atomic mass is 10.1. The minimum atomic E-state index is -0.194. The molecule has 17 heavy (non-hydrogen) atoms. The van der Waals surface area contributed by atoms with Crippen LogP contribution in [-0.4, -0.2) is 0 Å². The molecule has 0 aliphatic rings. The molecule has 0 aliphatic carbocycles. The fourth-order valence-corrected chi connectivity index (χ4v) is 2.98. The van der Waals surface area contributed by atoms with Crippen molar-refractivity contribution in [3.05, 3.63) is 56.9 Å². The molecule has 0 radical (unpaired) electrons. The molecule has 86 valence electrons. The van der Waals surface area contributed by atoms with E-state index in [2.05, 4.69) is 15.9 Å². The number of hydrogen-bond donors (Lipinski definition) is 1. The van der Waals surface area contributed by atoms with Crippen LogP contribution in [0, 0.1) is 0 Å². The molecule has 1 unspecified atom stereocenters. The van der Waals surface area contributed by atoms with Crippen LogP contribution >= 0.6 is 27.3 Å². The molecular formula is C13H10BrNOS. The summed E-state index contributed by atoms with van der Waals surface area (Å²) in [6, 6.07) is 9.81. The summed E-state index contributed by atoms with van der Waals surface area (Å²) < 4.78 is 6.77. The van der Waals surface area contributed by atoms with E-state index < -0.39 is 0 Å². The van der Waals surface area contributed by atoms with Gasteiger partial charge in [-0.15, -0.1) is 0 Å². The third-order valence-electron chi connectivity index (χ3n) is 2.72. The highest BCUT2D eigenvalue weighted by Gasteiger charge is 2.15. The summed E-state index contributed by atoms with van der Waals surface area (Å²) in [6.45, 7) is 0. The van der Waals surface area contributed by atoms with Crippen molar-refractivity contribution in [2.45, 2.75) is 6.04 Å². The van der Waals surface area contributed by atoms with Crippen molar-refractivity contribution in [1.29, 1.82) is 0 Å². The predicted octanol–water partition coefficient (Wildman–Crippen LogP) is 4.30. The zero-order valence-electron chi connectivity index (χ0n) is 8.89. The summed E-state index contributed by atoms with van der Waals surface area (Å²) in [5.74, 6) is 0.797. The number of nitrogens with two attached hydrogens (primary N) is 1. The van der Waals surface area contributed by atoms with Crippen molar-refractivity contribution in [2.75, 3.05) is 0 Å². The molecule has 3 rings (SSSR count). The summed E-state index contributed by atoms with van der Waals surface area (Å²) in [5.41, 5.74) is 8.12. The highest BCUT2D eigenvalue weighted by atomic mass is 79.9. The Morgan fingerprint density at radius 1 is 1.29 bits per heavy atom. The summed E-state index contributed by atoms with van der Waals surface area (Å²) in [7, 11) is 0. The lowest BCUT2D eigenvalue weighted by Crippen LogP contribution is -2.09. The smallest absolute Gasteiger partial charge is 0.148 e. The van der Waals surface area contributed by atoms with Crippen molar-refractivity contribution in [1.82, 2.24) is 0 Å². The number of furan rings is 1. The predicted molar refractivity (Wildman–Crippen MR) is 74.3 cm³/mol. The second-order valence-corrected chi connectivity index (χ2v) is 5.48. The van der Waals surface area contributed by atoms with Crippen LogP contribution in [0.2, 0.25) is 0 Å². The van der Waals surface area contributed by atoms with Gasteiger partial charge in [-0.2, -0.15) is 11.3 Å². The van der Waals surface area contributed by atoms with Crippen LogP contribution in [0.15, 0.2) is 50.0 Å². The molecule has 0 bridgehead atoms. The zero-order chi connectivity index (χ0) is 11.8. The molecule has 2 nitrogen and oxygen atoms in total. The molecule has 0 saturated heterocycles. The molecule has 2 heterocycles. The van der Waals surface area contributed by atoms with Gasteiger partial charge in [-0.05, 0) is 50.5 Å². The number of halogens is 1. The third-order valence-corrected chi connectivity index (χ3v) is 4.05. The topological polar surface area (TPSA) is 39.2 Å². The molecule has 2 aromatic heterocycles. The lowest BCUT2D eigenvalue weighted by Gasteiger charge is -2.05. The molecule has 0 saturated carbocycles. The van der Waals surface area contributed by atoms with E-state index in [9.17, 15) is 0 Å². The van der Waals surface area contributed by atoms with Gasteiger partial charge in [0.25, 0.3) is 0 Å². The van der Waals surface area contributed by atoms with Gasteiger partial charge >= 0.3 is 0 Å². The van der Waals surface area contributed by atoms with Crippen molar-refractivity contribution in [3.8, 4) is 0 Å². The maximum atomic E-state index is 6.17. The van der Waals surface area contributed by atoms with Crippen LogP contribution in [-0.2, 0) is 0 Å². The van der Waals surface area contributed by atoms with Gasteiger partial charge in [-0.3, -0.25) is 0 Å². The SMILES string of the molecule is NC(c1ccsc1)c1cc2cccc(Br)c2o1. The van der Waals surface area contributed by atoms with E-state index in [4.69, 9.17) is 10.2 Å². The van der Waals surface area contributed by atoms with E-state index in [0.717, 1.165) is 26.8 Å². The van der Waals surface area contributed by atoms with Gasteiger partial charge in [0.2, 0.25) is 0 Å². The summed E-state index contributed by atoms with van der Waals surface area (Å²) in [5, 5.41) is 5.14. The highest BCUT2D eigenvalue weighted by Crippen LogP contribution is 2.31. The average Bonchev–Trinajstić information content (AvgIpc) is 2.98. The van der Waals surface area contributed by atoms with Crippen LogP contribution in [0.1, 0.15) is 17.4 Å². The first-order valence-electron chi connectivity index (χ1n) is 5.21. The number of hydrogen-bond acceptors (Lipinski definition) is 3. The van der Waals surface area contributed by atoms with Gasteiger partial charge < -0.3 is 10.2 Å². The molecule has 2 N–H and O–H groups in total. The van der Waals surface area contributed by atoms with Crippen LogP contribution in [0.5, 0.6) is 0 Å². The summed E-state index contributed by atoms with van der Waals surface area (Å²) in [6.07, 6.45) is 0. The molecule has 1 aromatic carbocycles. The monoisotopic (exact) mass is 307 g/mol. The van der Waals surface area contributed by atoms with E-state index >= 15 is 0 Å². The second kappa shape index (κ2) is 4.29. The normalized spacial score (nSPS) is 13.1. The Morgan fingerprint density at radius 3 is 2.88 bits per heavy atom. The maximum Gasteiger partial charge on any atom is 0.148 e. The largest absolute Gasteiger partial charge is 0.458 e. The molecular weight excluding hydrogens is 298 g/mol. The Morgan fingerprint density at radius 2 is 2.18 bits per heavy atom. The third kappa shape index (κ3) is 1.92. The second-order valence-electron chi connectivity index (χ2n) is 3.84. The molecule has 0 fully saturated rings. The van der Waals surface area contributed by atoms with Gasteiger partial charge in [-0.1, -0.05) is 12.1 Å². The number of fused-ring (bicyclic) bond motifs is 1. The summed E-state index contributed by atoms with van der Waals surface area (Å²) >= 11 is 5.12. The summed E-state index contributed by atoms with van der Waals surface area (Å²) in [4.78, 5) is 0. The van der Waals surface area contributed by atoms with Gasteiger partial charge in [0.1, 0.15) is 11.3 Å². The zero-order valence-corrected chi connectivity index (χ0v) is 11.3. The standard InChI is InChI=1S/C13H10BrNOS/c14-10-3-1-2-8-6-11(16-13(8)10)12(15)9-4-5-17-7-9/h1-7,12H,15H2. The van der Waals surface area contributed by atoms with Gasteiger partial charge in [-0.25, -0.2) is 0 Å². The van der Waals surface area contributed by atoms with Crippen molar-refractivity contribution in [2.24, 2.45) is 5.73 Å². The number of para-hydroxylation sites is 1. The van der Waals surface area contributed by atoms with Gasteiger partial charge in [0.15, 0.2) is 0 Å². The van der Waals surface area contributed by atoms with E-state index in [1.54, 1.807) is 11.3 Å². The quantitative estimate of drug-likeness (QED) is 0.766. The van der Waals surface area contributed by atoms with Crippen molar-refractivity contribution in [3.63, 3.8) is 0 Å². The van der Waals surface area contributed by atoms with Crippen molar-refractivity contribution >= 4 is 38.2 Å². The van der Waals surface area contributed by atoms with Crippen LogP contribution in [0.3, 0.4) is 0 Å². The van der Waals surface area contributed by atoms with E-state index in [0.29, 0.717) is 0 Å². The Balaban J connectivity index is 2.10. The first-order valence-corrected chi connectivity index (χ1v) is 6.95. The molecule has 0 amide bonds. The number of rotatable bonds is 2. The molecule has 4 heteroatoms. The highest BCUT2D eigenvalue weighted by molar-refractivity contribution is 9.10. The Kier molecular flexibility index (Phi) is 2.78. The van der Waals surface area contributed by atoms with Gasteiger partial charge in [0, 0.05) is 5.39 Å². The van der Waals surface area contributed by atoms with E-state index in [1.807, 2.05) is 41.1 Å². The Labute approximate surface area is 111 Å².